The molecule has 1 N–H and O–H groups in total. The molecule has 1 aromatic heterocycles. The van der Waals surface area contributed by atoms with Crippen molar-refractivity contribution in [3.05, 3.63) is 42.0 Å². The number of hydrogen-bond donors (Lipinski definition) is 1. The van der Waals surface area contributed by atoms with Crippen LogP contribution in [0.4, 0.5) is 5.13 Å². The Bertz CT molecular complexity index is 1200. The molecule has 10 heteroatoms. The Balaban J connectivity index is 1.49. The number of carbonyl (C=O) groups is 1. The summed E-state index contributed by atoms with van der Waals surface area (Å²) in [6.45, 7) is 2.46. The van der Waals surface area contributed by atoms with E-state index in [1.165, 1.54) is 15.6 Å². The van der Waals surface area contributed by atoms with Crippen molar-refractivity contribution >= 4 is 42.6 Å². The maximum absolute atomic E-state index is 13.0. The number of aryl methyl sites for hydroxylation is 1. The van der Waals surface area contributed by atoms with Crippen molar-refractivity contribution in [2.75, 3.05) is 32.6 Å². The average molecular weight is 476 g/mol. The predicted octanol–water partition coefficient (Wildman–Crippen LogP) is 3.66. The summed E-state index contributed by atoms with van der Waals surface area (Å²) in [6.07, 6.45) is 1.25. The number of nitrogens with zero attached hydrogens (tertiary/aromatic N) is 2. The zero-order valence-electron chi connectivity index (χ0n) is 18.1. The van der Waals surface area contributed by atoms with Gasteiger partial charge in [-0.25, -0.2) is 13.4 Å². The van der Waals surface area contributed by atoms with Crippen LogP contribution in [0.1, 0.15) is 18.4 Å². The largest absolute Gasteiger partial charge is 0.493 e. The van der Waals surface area contributed by atoms with Gasteiger partial charge in [-0.15, -0.1) is 0 Å². The van der Waals surface area contributed by atoms with Crippen molar-refractivity contribution in [1.82, 2.24) is 9.29 Å². The number of carbonyl (C=O) groups excluding carboxylic acids is 1. The van der Waals surface area contributed by atoms with E-state index in [1.807, 2.05) is 13.0 Å². The number of methoxy groups -OCH3 is 2. The Labute approximate surface area is 191 Å². The molecule has 8 nitrogen and oxygen atoms in total. The Morgan fingerprint density at radius 2 is 1.84 bits per heavy atom. The molecular formula is C22H25N3O5S2. The number of sulfonamides is 1. The first-order valence-electron chi connectivity index (χ1n) is 10.2. The van der Waals surface area contributed by atoms with Crippen LogP contribution in [0.3, 0.4) is 0 Å². The van der Waals surface area contributed by atoms with Crippen molar-refractivity contribution in [2.24, 2.45) is 5.92 Å². The van der Waals surface area contributed by atoms with E-state index in [-0.39, 0.29) is 17.3 Å². The Morgan fingerprint density at radius 3 is 2.53 bits per heavy atom. The summed E-state index contributed by atoms with van der Waals surface area (Å²) in [5, 5.41) is 3.32. The third kappa shape index (κ3) is 4.43. The van der Waals surface area contributed by atoms with Crippen LogP contribution in [-0.4, -0.2) is 50.9 Å². The Kier molecular flexibility index (Phi) is 6.36. The van der Waals surface area contributed by atoms with E-state index >= 15 is 0 Å². The van der Waals surface area contributed by atoms with Gasteiger partial charge in [0, 0.05) is 25.2 Å². The Hall–Kier alpha value is -2.69. The first-order chi connectivity index (χ1) is 15.3. The zero-order chi connectivity index (χ0) is 22.9. The first kappa shape index (κ1) is 22.5. The standard InChI is InChI=1S/C22H25N3O5S2/c1-14-6-8-16(9-7-14)32(27,28)25-10-4-5-15(13-25)21(26)24-22-23-17-11-18(29-2)19(30-3)12-20(17)31-22/h6-9,11-12,15H,4-5,10,13H2,1-3H3,(H,23,24,26). The zero-order valence-corrected chi connectivity index (χ0v) is 19.8. The number of nitrogens with one attached hydrogen (secondary N) is 1. The molecule has 2 aromatic carbocycles. The highest BCUT2D eigenvalue weighted by molar-refractivity contribution is 7.89. The van der Waals surface area contributed by atoms with Crippen LogP contribution < -0.4 is 14.8 Å². The lowest BCUT2D eigenvalue weighted by Gasteiger charge is -2.31. The summed E-state index contributed by atoms with van der Waals surface area (Å²) in [5.74, 6) is 0.477. The minimum absolute atomic E-state index is 0.147. The highest BCUT2D eigenvalue weighted by Gasteiger charge is 2.33. The molecule has 0 spiro atoms. The molecule has 1 unspecified atom stereocenters. The van der Waals surface area contributed by atoms with E-state index < -0.39 is 15.9 Å². The molecule has 32 heavy (non-hydrogen) atoms. The second-order valence-electron chi connectivity index (χ2n) is 7.70. The molecule has 2 heterocycles. The monoisotopic (exact) mass is 475 g/mol. The van der Waals surface area contributed by atoms with Crippen LogP contribution in [0, 0.1) is 12.8 Å². The van der Waals surface area contributed by atoms with Crippen LogP contribution in [0.2, 0.25) is 0 Å². The second-order valence-corrected chi connectivity index (χ2v) is 10.7. The summed E-state index contributed by atoms with van der Waals surface area (Å²) in [4.78, 5) is 17.7. The number of aromatic nitrogens is 1. The van der Waals surface area contributed by atoms with Gasteiger partial charge >= 0.3 is 0 Å². The third-order valence-electron chi connectivity index (χ3n) is 5.54. The molecule has 1 aliphatic rings. The fourth-order valence-corrected chi connectivity index (χ4v) is 6.15. The minimum atomic E-state index is -3.64. The van der Waals surface area contributed by atoms with Crippen LogP contribution in [0.5, 0.6) is 11.5 Å². The van der Waals surface area contributed by atoms with Crippen LogP contribution in [0.15, 0.2) is 41.3 Å². The lowest BCUT2D eigenvalue weighted by Crippen LogP contribution is -2.43. The number of thiazole rings is 1. The van der Waals surface area contributed by atoms with E-state index in [2.05, 4.69) is 10.3 Å². The number of amides is 1. The quantitative estimate of drug-likeness (QED) is 0.584. The van der Waals surface area contributed by atoms with Gasteiger partial charge < -0.3 is 14.8 Å². The van der Waals surface area contributed by atoms with Gasteiger partial charge in [0.2, 0.25) is 15.9 Å². The van der Waals surface area contributed by atoms with Crippen molar-refractivity contribution < 1.29 is 22.7 Å². The lowest BCUT2D eigenvalue weighted by molar-refractivity contribution is -0.120. The highest BCUT2D eigenvalue weighted by Crippen LogP contribution is 2.36. The van der Waals surface area contributed by atoms with Crippen LogP contribution in [-0.2, 0) is 14.8 Å². The molecule has 0 saturated carbocycles. The van der Waals surface area contributed by atoms with Gasteiger partial charge in [0.15, 0.2) is 16.6 Å². The van der Waals surface area contributed by atoms with Crippen molar-refractivity contribution in [1.29, 1.82) is 0 Å². The molecule has 1 atom stereocenters. The number of ether oxygens (including phenoxy) is 2. The van der Waals surface area contributed by atoms with Crippen LogP contribution >= 0.6 is 11.3 Å². The smallest absolute Gasteiger partial charge is 0.243 e. The van der Waals surface area contributed by atoms with E-state index in [0.717, 1.165) is 10.3 Å². The highest BCUT2D eigenvalue weighted by atomic mass is 32.2. The number of hydrogen-bond acceptors (Lipinski definition) is 7. The molecule has 170 valence electrons. The molecule has 4 rings (SSSR count). The number of piperidine rings is 1. The Morgan fingerprint density at radius 1 is 1.16 bits per heavy atom. The lowest BCUT2D eigenvalue weighted by atomic mass is 9.99. The third-order valence-corrected chi connectivity index (χ3v) is 8.35. The van der Waals surface area contributed by atoms with E-state index in [4.69, 9.17) is 9.47 Å². The molecular weight excluding hydrogens is 450 g/mol. The summed E-state index contributed by atoms with van der Waals surface area (Å²) >= 11 is 1.33. The molecule has 1 amide bonds. The number of rotatable bonds is 6. The topological polar surface area (TPSA) is 97.8 Å². The van der Waals surface area contributed by atoms with E-state index in [1.54, 1.807) is 44.6 Å². The van der Waals surface area contributed by atoms with Crippen LogP contribution in [0.25, 0.3) is 10.2 Å². The van der Waals surface area contributed by atoms with Gasteiger partial charge in [-0.3, -0.25) is 4.79 Å². The normalized spacial score (nSPS) is 17.3. The SMILES string of the molecule is COc1cc2nc(NC(=O)C3CCCN(S(=O)(=O)c4ccc(C)cc4)C3)sc2cc1OC. The fraction of sp³-hybridized carbons (Fsp3) is 0.364. The number of fused-ring (bicyclic) bond motifs is 1. The number of anilines is 1. The molecule has 1 aliphatic heterocycles. The molecule has 1 fully saturated rings. The summed E-state index contributed by atoms with van der Waals surface area (Å²) < 4.78 is 38.9. The second kappa shape index (κ2) is 9.05. The first-order valence-corrected chi connectivity index (χ1v) is 12.5. The molecule has 0 bridgehead atoms. The molecule has 0 radical (unpaired) electrons. The van der Waals surface area contributed by atoms with E-state index in [9.17, 15) is 13.2 Å². The van der Waals surface area contributed by atoms with Gasteiger partial charge in [-0.05, 0) is 31.9 Å². The minimum Gasteiger partial charge on any atom is -0.493 e. The van der Waals surface area contributed by atoms with Crippen molar-refractivity contribution in [2.45, 2.75) is 24.7 Å². The number of benzene rings is 2. The summed E-state index contributed by atoms with van der Waals surface area (Å²) in [7, 11) is -0.525. The molecule has 3 aromatic rings. The van der Waals surface area contributed by atoms with E-state index in [0.29, 0.717) is 41.5 Å². The molecule has 0 aliphatic carbocycles. The maximum atomic E-state index is 13.0. The van der Waals surface area contributed by atoms with Crippen molar-refractivity contribution in [3.63, 3.8) is 0 Å². The fourth-order valence-electron chi connectivity index (χ4n) is 3.75. The van der Waals surface area contributed by atoms with Gasteiger partial charge in [0.05, 0.1) is 35.2 Å². The van der Waals surface area contributed by atoms with Gasteiger partial charge in [-0.1, -0.05) is 29.0 Å². The van der Waals surface area contributed by atoms with Gasteiger partial charge in [0.25, 0.3) is 0 Å². The van der Waals surface area contributed by atoms with Crippen molar-refractivity contribution in [3.8, 4) is 11.5 Å². The predicted molar refractivity (Wildman–Crippen MR) is 124 cm³/mol. The summed E-state index contributed by atoms with van der Waals surface area (Å²) in [5.41, 5.74) is 1.68. The summed E-state index contributed by atoms with van der Waals surface area (Å²) in [6, 6.07) is 10.3. The van der Waals surface area contributed by atoms with Gasteiger partial charge in [0.1, 0.15) is 0 Å². The molecule has 1 saturated heterocycles. The average Bonchev–Trinajstić information content (AvgIpc) is 3.19. The maximum Gasteiger partial charge on any atom is 0.243 e. The van der Waals surface area contributed by atoms with Gasteiger partial charge in [-0.2, -0.15) is 4.31 Å².